The number of nitrogens with two attached hydrogens (primary N) is 1. The van der Waals surface area contributed by atoms with Crippen molar-refractivity contribution in [3.63, 3.8) is 0 Å². The second-order valence-electron chi connectivity index (χ2n) is 3.76. The maximum absolute atomic E-state index is 8.31. The summed E-state index contributed by atoms with van der Waals surface area (Å²) in [5.41, 5.74) is 5.38. The number of hydrogen-bond acceptors (Lipinski definition) is 4. The van der Waals surface area contributed by atoms with Crippen LogP contribution in [0.1, 0.15) is 25.7 Å². The van der Waals surface area contributed by atoms with Gasteiger partial charge in [-0.15, -0.1) is 0 Å². The zero-order chi connectivity index (χ0) is 10.4. The third-order valence-corrected chi connectivity index (χ3v) is 2.83. The van der Waals surface area contributed by atoms with Gasteiger partial charge in [-0.2, -0.15) is 0 Å². The first kappa shape index (κ1) is 11.3. The Hall–Kier alpha value is -0.810. The van der Waals surface area contributed by atoms with Crippen molar-refractivity contribution in [1.82, 2.24) is 5.32 Å². The molecule has 0 aromatic rings. The molecule has 0 amide bonds. The van der Waals surface area contributed by atoms with E-state index >= 15 is 0 Å². The molecular formula is C9H19N3O2. The van der Waals surface area contributed by atoms with Gasteiger partial charge >= 0.3 is 0 Å². The molecule has 1 rings (SSSR count). The number of oxime groups is 1. The van der Waals surface area contributed by atoms with E-state index in [9.17, 15) is 0 Å². The lowest BCUT2D eigenvalue weighted by Crippen LogP contribution is -2.48. The molecule has 0 spiro atoms. The number of hydrogen-bond donors (Lipinski definition) is 3. The van der Waals surface area contributed by atoms with Crippen LogP contribution in [0, 0.1) is 0 Å². The molecule has 1 aliphatic carbocycles. The summed E-state index contributed by atoms with van der Waals surface area (Å²) in [5.74, 6) is 0.262. The van der Waals surface area contributed by atoms with Crippen LogP contribution >= 0.6 is 0 Å². The summed E-state index contributed by atoms with van der Waals surface area (Å²) in [6.07, 6.45) is 4.06. The Bertz CT molecular complexity index is 197. The predicted molar refractivity (Wildman–Crippen MR) is 54.5 cm³/mol. The van der Waals surface area contributed by atoms with Crippen LogP contribution in [0.3, 0.4) is 0 Å². The van der Waals surface area contributed by atoms with Gasteiger partial charge in [0.15, 0.2) is 0 Å². The average Bonchev–Trinajstić information content (AvgIpc) is 2.15. The molecule has 5 heteroatoms. The Morgan fingerprint density at radius 3 is 2.79 bits per heavy atom. The van der Waals surface area contributed by atoms with Gasteiger partial charge in [0.1, 0.15) is 5.84 Å². The van der Waals surface area contributed by atoms with Crippen molar-refractivity contribution in [2.45, 2.75) is 31.3 Å². The molecule has 0 atom stereocenters. The monoisotopic (exact) mass is 201 g/mol. The summed E-state index contributed by atoms with van der Waals surface area (Å²) in [4.78, 5) is 0. The van der Waals surface area contributed by atoms with E-state index < -0.39 is 0 Å². The van der Waals surface area contributed by atoms with Gasteiger partial charge in [-0.3, -0.25) is 0 Å². The third kappa shape index (κ3) is 2.85. The van der Waals surface area contributed by atoms with Crippen LogP contribution in [0.5, 0.6) is 0 Å². The molecule has 0 unspecified atom stereocenters. The highest BCUT2D eigenvalue weighted by molar-refractivity contribution is 5.79. The molecule has 5 nitrogen and oxygen atoms in total. The van der Waals surface area contributed by atoms with Gasteiger partial charge in [-0.1, -0.05) is 5.16 Å². The van der Waals surface area contributed by atoms with E-state index in [2.05, 4.69) is 10.5 Å². The Kier molecular flexibility index (Phi) is 4.16. The summed E-state index contributed by atoms with van der Waals surface area (Å²) >= 11 is 0. The minimum absolute atomic E-state index is 0.0467. The molecule has 1 fully saturated rings. The summed E-state index contributed by atoms with van der Waals surface area (Å²) < 4.78 is 5.43. The molecule has 0 bridgehead atoms. The number of amidine groups is 1. The lowest BCUT2D eigenvalue weighted by atomic mass is 9.80. The Morgan fingerprint density at radius 1 is 1.64 bits per heavy atom. The SMILES string of the molecule is COC1(CNCCC(N)=NO)CCC1. The van der Waals surface area contributed by atoms with Crippen molar-refractivity contribution in [3.05, 3.63) is 0 Å². The summed E-state index contributed by atoms with van der Waals surface area (Å²) in [6, 6.07) is 0. The molecule has 0 aromatic heterocycles. The molecule has 0 radical (unpaired) electrons. The first-order chi connectivity index (χ1) is 6.72. The van der Waals surface area contributed by atoms with Crippen molar-refractivity contribution >= 4 is 5.84 Å². The molecule has 1 aliphatic rings. The van der Waals surface area contributed by atoms with Crippen LogP contribution in [0.4, 0.5) is 0 Å². The van der Waals surface area contributed by atoms with Crippen LogP contribution in [0.2, 0.25) is 0 Å². The van der Waals surface area contributed by atoms with Gasteiger partial charge in [0, 0.05) is 26.6 Å². The van der Waals surface area contributed by atoms with Crippen molar-refractivity contribution in [2.24, 2.45) is 10.9 Å². The lowest BCUT2D eigenvalue weighted by molar-refractivity contribution is -0.0691. The Balaban J connectivity index is 2.08. The van der Waals surface area contributed by atoms with Gasteiger partial charge in [-0.05, 0) is 19.3 Å². The van der Waals surface area contributed by atoms with Crippen LogP contribution < -0.4 is 11.1 Å². The van der Waals surface area contributed by atoms with Gasteiger partial charge < -0.3 is 21.0 Å². The maximum Gasteiger partial charge on any atom is 0.140 e. The first-order valence-corrected chi connectivity index (χ1v) is 4.95. The molecule has 14 heavy (non-hydrogen) atoms. The fourth-order valence-electron chi connectivity index (χ4n) is 1.61. The van der Waals surface area contributed by atoms with E-state index in [1.807, 2.05) is 0 Å². The lowest BCUT2D eigenvalue weighted by Gasteiger charge is -2.40. The smallest absolute Gasteiger partial charge is 0.140 e. The highest BCUT2D eigenvalue weighted by atomic mass is 16.5. The van der Waals surface area contributed by atoms with Gasteiger partial charge in [0.2, 0.25) is 0 Å². The summed E-state index contributed by atoms with van der Waals surface area (Å²) in [7, 11) is 1.75. The average molecular weight is 201 g/mol. The van der Waals surface area contributed by atoms with Crippen LogP contribution in [-0.2, 0) is 4.74 Å². The number of nitrogens with one attached hydrogen (secondary N) is 1. The van der Waals surface area contributed by atoms with Crippen LogP contribution in [0.15, 0.2) is 5.16 Å². The topological polar surface area (TPSA) is 79.9 Å². The minimum Gasteiger partial charge on any atom is -0.409 e. The Labute approximate surface area is 84.3 Å². The largest absolute Gasteiger partial charge is 0.409 e. The van der Waals surface area contributed by atoms with Gasteiger partial charge in [0.05, 0.1) is 5.60 Å². The number of ether oxygens (including phenoxy) is 1. The molecule has 0 saturated heterocycles. The molecule has 4 N–H and O–H groups in total. The quantitative estimate of drug-likeness (QED) is 0.190. The van der Waals surface area contributed by atoms with E-state index in [0.717, 1.165) is 25.9 Å². The molecular weight excluding hydrogens is 182 g/mol. The van der Waals surface area contributed by atoms with Crippen molar-refractivity contribution in [3.8, 4) is 0 Å². The summed E-state index contributed by atoms with van der Waals surface area (Å²) in [6.45, 7) is 1.57. The fraction of sp³-hybridized carbons (Fsp3) is 0.889. The zero-order valence-corrected chi connectivity index (χ0v) is 8.62. The molecule has 0 aliphatic heterocycles. The second-order valence-corrected chi connectivity index (χ2v) is 3.76. The number of methoxy groups -OCH3 is 1. The standard InChI is InChI=1S/C9H19N3O2/c1-14-9(4-2-5-9)7-11-6-3-8(10)12-13/h11,13H,2-7H2,1H3,(H2,10,12). The van der Waals surface area contributed by atoms with E-state index in [-0.39, 0.29) is 11.4 Å². The van der Waals surface area contributed by atoms with Crippen molar-refractivity contribution in [1.29, 1.82) is 0 Å². The normalized spacial score (nSPS) is 20.5. The third-order valence-electron chi connectivity index (χ3n) is 2.83. The zero-order valence-electron chi connectivity index (χ0n) is 8.62. The highest BCUT2D eigenvalue weighted by Gasteiger charge is 2.36. The Morgan fingerprint density at radius 2 is 2.36 bits per heavy atom. The number of nitrogens with zero attached hydrogens (tertiary/aromatic N) is 1. The molecule has 0 aromatic carbocycles. The van der Waals surface area contributed by atoms with Crippen molar-refractivity contribution < 1.29 is 9.94 Å². The fourth-order valence-corrected chi connectivity index (χ4v) is 1.61. The predicted octanol–water partition coefficient (Wildman–Crippen LogP) is 0.282. The van der Waals surface area contributed by atoms with Crippen molar-refractivity contribution in [2.75, 3.05) is 20.2 Å². The van der Waals surface area contributed by atoms with E-state index in [1.54, 1.807) is 7.11 Å². The van der Waals surface area contributed by atoms with Crippen LogP contribution in [0.25, 0.3) is 0 Å². The highest BCUT2D eigenvalue weighted by Crippen LogP contribution is 2.34. The van der Waals surface area contributed by atoms with E-state index in [0.29, 0.717) is 6.42 Å². The molecule has 0 heterocycles. The second kappa shape index (κ2) is 5.17. The molecule has 1 saturated carbocycles. The van der Waals surface area contributed by atoms with E-state index in [4.69, 9.17) is 15.7 Å². The first-order valence-electron chi connectivity index (χ1n) is 4.95. The summed E-state index contributed by atoms with van der Waals surface area (Å²) in [5, 5.41) is 14.5. The molecule has 82 valence electrons. The minimum atomic E-state index is 0.0467. The van der Waals surface area contributed by atoms with Gasteiger partial charge in [-0.25, -0.2) is 0 Å². The van der Waals surface area contributed by atoms with Crippen LogP contribution in [-0.4, -0.2) is 36.8 Å². The maximum atomic E-state index is 8.31. The number of rotatable bonds is 6. The van der Waals surface area contributed by atoms with Gasteiger partial charge in [0.25, 0.3) is 0 Å². The van der Waals surface area contributed by atoms with E-state index in [1.165, 1.54) is 6.42 Å².